The van der Waals surface area contributed by atoms with Gasteiger partial charge in [0, 0.05) is 6.20 Å². The molecule has 1 fully saturated rings. The van der Waals surface area contributed by atoms with Gasteiger partial charge in [0.25, 0.3) is 0 Å². The lowest BCUT2D eigenvalue weighted by Crippen LogP contribution is -2.47. The van der Waals surface area contributed by atoms with Crippen LogP contribution in [-0.4, -0.2) is 78.0 Å². The highest BCUT2D eigenvalue weighted by Crippen LogP contribution is 2.51. The fourth-order valence-corrected chi connectivity index (χ4v) is 4.30. The highest BCUT2D eigenvalue weighted by Gasteiger charge is 2.58. The quantitative estimate of drug-likeness (QED) is 0.154. The Hall–Kier alpha value is -2.06. The normalized spacial score (nSPS) is 26.0. The number of amidine groups is 1. The fraction of sp³-hybridized carbons (Fsp3) is 0.696. The number of esters is 2. The predicted octanol–water partition coefficient (Wildman–Crippen LogP) is 2.93. The molecule has 16 heteroatoms. The first-order valence-electron chi connectivity index (χ1n) is 11.8. The van der Waals surface area contributed by atoms with Gasteiger partial charge in [-0.25, -0.2) is 23.0 Å². The van der Waals surface area contributed by atoms with Gasteiger partial charge < -0.3 is 30.0 Å². The maximum Gasteiger partial charge on any atom is 0.480 e. The summed E-state index contributed by atoms with van der Waals surface area (Å²) in [6.07, 6.45) is -2.60. The Morgan fingerprint density at radius 3 is 2.13 bits per heavy atom. The van der Waals surface area contributed by atoms with Crippen molar-refractivity contribution in [1.82, 2.24) is 4.90 Å². The molecular formula is C23H36ClFN3O10P. The zero-order valence-corrected chi connectivity index (χ0v) is 24.4. The van der Waals surface area contributed by atoms with Crippen LogP contribution in [0.5, 0.6) is 0 Å². The van der Waals surface area contributed by atoms with Crippen molar-refractivity contribution in [2.75, 3.05) is 26.1 Å². The van der Waals surface area contributed by atoms with E-state index in [0.717, 1.165) is 0 Å². The molecule has 0 aromatic carbocycles. The number of carbonyl (C=O) groups is 2. The number of phosphoric acid groups is 1. The van der Waals surface area contributed by atoms with E-state index in [2.05, 4.69) is 11.6 Å². The molecular weight excluding hydrogens is 564 g/mol. The number of nitrogens with zero attached hydrogens (tertiary/aromatic N) is 2. The Labute approximate surface area is 231 Å². The third-order valence-corrected chi connectivity index (χ3v) is 7.17. The van der Waals surface area contributed by atoms with Gasteiger partial charge in [-0.15, -0.1) is 11.6 Å². The molecule has 0 bridgehead atoms. The fourth-order valence-electron chi connectivity index (χ4n) is 3.04. The van der Waals surface area contributed by atoms with E-state index >= 15 is 4.39 Å². The standard InChI is InChI=1S/C23H36ClFN3O10P/c1-14-27-15(26)8-9-28(14)18-16(25)17(29)23(10-24,38-18)11-35-39(32,36-12-33-19(30)21(2,3)4)37-13-34-20(31)22(5,6)7/h8-9,16-18,29H,1,10-13H2,2-7H3,(H2,26,27)/t16-,17+,18-,23-/m1/s1. The van der Waals surface area contributed by atoms with Crippen LogP contribution in [0.25, 0.3) is 0 Å². The summed E-state index contributed by atoms with van der Waals surface area (Å²) in [6.45, 7) is 10.7. The van der Waals surface area contributed by atoms with Gasteiger partial charge in [-0.05, 0) is 47.6 Å². The Bertz CT molecular complexity index is 1010. The van der Waals surface area contributed by atoms with Crippen LogP contribution in [0.15, 0.2) is 29.7 Å². The van der Waals surface area contributed by atoms with E-state index in [1.54, 1.807) is 41.5 Å². The van der Waals surface area contributed by atoms with Gasteiger partial charge in [0.15, 0.2) is 12.4 Å². The van der Waals surface area contributed by atoms with E-state index in [4.69, 9.17) is 45.1 Å². The average Bonchev–Trinajstić information content (AvgIpc) is 3.07. The lowest BCUT2D eigenvalue weighted by Gasteiger charge is -2.33. The lowest BCUT2D eigenvalue weighted by molar-refractivity contribution is -0.164. The zero-order valence-electron chi connectivity index (χ0n) is 22.7. The summed E-state index contributed by atoms with van der Waals surface area (Å²) in [7, 11) is -4.67. The molecule has 0 saturated carbocycles. The number of nitrogens with two attached hydrogens (primary N) is 1. The maximum absolute atomic E-state index is 15.2. The second kappa shape index (κ2) is 12.6. The summed E-state index contributed by atoms with van der Waals surface area (Å²) >= 11 is 6.06. The van der Waals surface area contributed by atoms with Crippen molar-refractivity contribution in [2.24, 2.45) is 21.6 Å². The number of phosphoric ester groups is 1. The molecule has 2 aliphatic rings. The summed E-state index contributed by atoms with van der Waals surface area (Å²) < 4.78 is 59.7. The van der Waals surface area contributed by atoms with Crippen molar-refractivity contribution >= 4 is 37.2 Å². The van der Waals surface area contributed by atoms with Crippen molar-refractivity contribution in [3.8, 4) is 0 Å². The van der Waals surface area contributed by atoms with Crippen LogP contribution in [0.2, 0.25) is 0 Å². The number of hydrogen-bond acceptors (Lipinski definition) is 13. The van der Waals surface area contributed by atoms with E-state index in [-0.39, 0.29) is 11.7 Å². The van der Waals surface area contributed by atoms with Crippen molar-refractivity contribution in [3.05, 3.63) is 24.7 Å². The highest BCUT2D eigenvalue weighted by atomic mass is 35.5. The minimum atomic E-state index is -4.67. The highest BCUT2D eigenvalue weighted by molar-refractivity contribution is 7.48. The molecule has 0 spiro atoms. The minimum Gasteiger partial charge on any atom is -0.437 e. The number of carbonyl (C=O) groups excluding carboxylic acids is 2. The summed E-state index contributed by atoms with van der Waals surface area (Å²) in [5.41, 5.74) is 1.88. The number of rotatable bonds is 11. The van der Waals surface area contributed by atoms with Gasteiger partial charge in [0.1, 0.15) is 23.4 Å². The number of halogens is 2. The van der Waals surface area contributed by atoms with Crippen molar-refractivity contribution in [2.45, 2.75) is 65.6 Å². The number of ether oxygens (including phenoxy) is 3. The molecule has 222 valence electrons. The largest absolute Gasteiger partial charge is 0.480 e. The van der Waals surface area contributed by atoms with Gasteiger partial charge in [0.05, 0.1) is 23.3 Å². The Morgan fingerprint density at radius 1 is 1.18 bits per heavy atom. The zero-order chi connectivity index (χ0) is 29.8. The molecule has 39 heavy (non-hydrogen) atoms. The Morgan fingerprint density at radius 2 is 1.69 bits per heavy atom. The van der Waals surface area contributed by atoms with Crippen LogP contribution in [0, 0.1) is 10.8 Å². The Kier molecular flexibility index (Phi) is 10.7. The molecule has 1 saturated heterocycles. The monoisotopic (exact) mass is 599 g/mol. The molecule has 0 amide bonds. The molecule has 0 radical (unpaired) electrons. The topological polar surface area (TPSA) is 168 Å². The summed E-state index contributed by atoms with van der Waals surface area (Å²) in [4.78, 5) is 29.2. The van der Waals surface area contributed by atoms with E-state index in [1.807, 2.05) is 0 Å². The third kappa shape index (κ3) is 8.46. The van der Waals surface area contributed by atoms with Gasteiger partial charge in [-0.2, -0.15) is 0 Å². The first kappa shape index (κ1) is 33.1. The van der Waals surface area contributed by atoms with E-state index < -0.39 is 80.8 Å². The first-order valence-corrected chi connectivity index (χ1v) is 13.8. The van der Waals surface area contributed by atoms with Crippen molar-refractivity contribution < 1.29 is 51.4 Å². The van der Waals surface area contributed by atoms with Gasteiger partial charge in [0.2, 0.25) is 13.6 Å². The maximum atomic E-state index is 15.2. The van der Waals surface area contributed by atoms with Crippen LogP contribution in [0.4, 0.5) is 4.39 Å². The SMILES string of the molecule is C=C1N=C(N)C=CN1[C@@H]1O[C@](CCl)(COP(=O)(OCOC(=O)C(C)(C)C)OCOC(=O)C(C)(C)C)[C@@H](O)[C@H]1F. The second-order valence-electron chi connectivity index (χ2n) is 10.9. The first-order chi connectivity index (χ1) is 17.8. The molecule has 0 unspecified atom stereocenters. The Balaban J connectivity index is 2.17. The summed E-state index contributed by atoms with van der Waals surface area (Å²) in [5, 5.41) is 10.7. The summed E-state index contributed by atoms with van der Waals surface area (Å²) in [5.74, 6) is -1.70. The second-order valence-corrected chi connectivity index (χ2v) is 12.8. The molecule has 2 heterocycles. The van der Waals surface area contributed by atoms with E-state index in [9.17, 15) is 19.3 Å². The molecule has 0 aromatic rings. The molecule has 2 aliphatic heterocycles. The third-order valence-electron chi connectivity index (χ3n) is 5.42. The molecule has 2 rings (SSSR count). The van der Waals surface area contributed by atoms with Crippen molar-refractivity contribution in [1.29, 1.82) is 0 Å². The molecule has 0 aliphatic carbocycles. The number of hydrogen-bond donors (Lipinski definition) is 2. The summed E-state index contributed by atoms with van der Waals surface area (Å²) in [6, 6.07) is 0. The van der Waals surface area contributed by atoms with E-state index in [1.165, 1.54) is 17.2 Å². The lowest BCUT2D eigenvalue weighted by atomic mass is 9.98. The molecule has 4 atom stereocenters. The molecule has 13 nitrogen and oxygen atoms in total. The number of alkyl halides is 2. The van der Waals surface area contributed by atoms with E-state index in [0.29, 0.717) is 0 Å². The van der Waals surface area contributed by atoms with Crippen LogP contribution < -0.4 is 5.73 Å². The minimum absolute atomic E-state index is 0.0415. The smallest absolute Gasteiger partial charge is 0.437 e. The van der Waals surface area contributed by atoms with Crippen LogP contribution in [0.1, 0.15) is 41.5 Å². The van der Waals surface area contributed by atoms with Crippen LogP contribution >= 0.6 is 19.4 Å². The molecule has 0 aromatic heterocycles. The number of aliphatic hydroxyl groups is 1. The van der Waals surface area contributed by atoms with Crippen LogP contribution in [-0.2, 0) is 41.9 Å². The number of aliphatic hydroxyl groups excluding tert-OH is 1. The van der Waals surface area contributed by atoms with Gasteiger partial charge in [-0.1, -0.05) is 6.58 Å². The van der Waals surface area contributed by atoms with Gasteiger partial charge in [-0.3, -0.25) is 14.1 Å². The average molecular weight is 600 g/mol. The van der Waals surface area contributed by atoms with Crippen molar-refractivity contribution in [3.63, 3.8) is 0 Å². The predicted molar refractivity (Wildman–Crippen MR) is 138 cm³/mol. The molecule has 3 N–H and O–H groups in total. The number of aliphatic imine (C=N–C) groups is 1. The van der Waals surface area contributed by atoms with Crippen LogP contribution in [0.3, 0.4) is 0 Å². The van der Waals surface area contributed by atoms with Gasteiger partial charge >= 0.3 is 19.8 Å².